The molecular formula is C9H9NO. The first-order valence-electron chi connectivity index (χ1n) is 3.73. The lowest BCUT2D eigenvalue weighted by molar-refractivity contribution is 0.417. The molecule has 0 amide bonds. The Balaban J connectivity index is 2.29. The molecule has 0 spiro atoms. The van der Waals surface area contributed by atoms with Crippen LogP contribution in [0.15, 0.2) is 35.1 Å². The monoisotopic (exact) mass is 147 g/mol. The van der Waals surface area contributed by atoms with Crippen molar-refractivity contribution in [1.82, 2.24) is 5.16 Å². The zero-order valence-corrected chi connectivity index (χ0v) is 6.16. The standard InChI is InChI=1S/C9H9NO/c1-2-4-8(5-3-1)9-6-7-11-10-9/h1-2,4,6-7H,3,5H2. The summed E-state index contributed by atoms with van der Waals surface area (Å²) in [7, 11) is 0. The van der Waals surface area contributed by atoms with Crippen molar-refractivity contribution in [3.63, 3.8) is 0 Å². The number of aromatic nitrogens is 1. The smallest absolute Gasteiger partial charge is 0.124 e. The van der Waals surface area contributed by atoms with Gasteiger partial charge in [-0.1, -0.05) is 23.4 Å². The molecule has 1 aromatic heterocycles. The molecule has 1 heterocycles. The van der Waals surface area contributed by atoms with Gasteiger partial charge in [-0.15, -0.1) is 0 Å². The molecule has 0 fully saturated rings. The summed E-state index contributed by atoms with van der Waals surface area (Å²) >= 11 is 0. The lowest BCUT2D eigenvalue weighted by atomic mass is 10.0. The molecule has 1 aliphatic carbocycles. The average Bonchev–Trinajstić information content (AvgIpc) is 2.58. The summed E-state index contributed by atoms with van der Waals surface area (Å²) in [5.41, 5.74) is 2.23. The quantitative estimate of drug-likeness (QED) is 0.609. The Morgan fingerprint density at radius 1 is 1.45 bits per heavy atom. The average molecular weight is 147 g/mol. The van der Waals surface area contributed by atoms with Crippen LogP contribution < -0.4 is 0 Å². The third kappa shape index (κ3) is 1.24. The molecule has 0 bridgehead atoms. The van der Waals surface area contributed by atoms with E-state index in [-0.39, 0.29) is 0 Å². The molecule has 2 nitrogen and oxygen atoms in total. The maximum atomic E-state index is 4.75. The van der Waals surface area contributed by atoms with Crippen molar-refractivity contribution in [3.8, 4) is 0 Å². The van der Waals surface area contributed by atoms with Crippen LogP contribution in [0.3, 0.4) is 0 Å². The Hall–Kier alpha value is -1.31. The molecule has 2 rings (SSSR count). The summed E-state index contributed by atoms with van der Waals surface area (Å²) in [4.78, 5) is 0. The van der Waals surface area contributed by atoms with Gasteiger partial charge in [-0.2, -0.15) is 0 Å². The van der Waals surface area contributed by atoms with E-state index >= 15 is 0 Å². The Morgan fingerprint density at radius 2 is 2.45 bits per heavy atom. The summed E-state index contributed by atoms with van der Waals surface area (Å²) < 4.78 is 4.75. The molecule has 0 unspecified atom stereocenters. The zero-order chi connectivity index (χ0) is 7.52. The van der Waals surface area contributed by atoms with Crippen molar-refractivity contribution in [2.24, 2.45) is 0 Å². The topological polar surface area (TPSA) is 26.0 Å². The Morgan fingerprint density at radius 3 is 3.09 bits per heavy atom. The van der Waals surface area contributed by atoms with Gasteiger partial charge in [0.1, 0.15) is 12.0 Å². The highest BCUT2D eigenvalue weighted by molar-refractivity contribution is 5.64. The molecular weight excluding hydrogens is 138 g/mol. The summed E-state index contributed by atoms with van der Waals surface area (Å²) in [6, 6.07) is 1.89. The van der Waals surface area contributed by atoms with Crippen molar-refractivity contribution >= 4 is 5.57 Å². The van der Waals surface area contributed by atoms with Crippen LogP contribution in [0.4, 0.5) is 0 Å². The first-order chi connectivity index (χ1) is 5.47. The van der Waals surface area contributed by atoms with E-state index in [0.29, 0.717) is 0 Å². The molecule has 11 heavy (non-hydrogen) atoms. The van der Waals surface area contributed by atoms with Crippen molar-refractivity contribution in [2.45, 2.75) is 12.8 Å². The lowest BCUT2D eigenvalue weighted by Crippen LogP contribution is -1.86. The van der Waals surface area contributed by atoms with Gasteiger partial charge >= 0.3 is 0 Å². The van der Waals surface area contributed by atoms with Crippen LogP contribution in [0.5, 0.6) is 0 Å². The highest BCUT2D eigenvalue weighted by Gasteiger charge is 2.04. The number of nitrogens with zero attached hydrogens (tertiary/aromatic N) is 1. The maximum Gasteiger partial charge on any atom is 0.124 e. The van der Waals surface area contributed by atoms with Crippen LogP contribution in [-0.4, -0.2) is 5.16 Å². The molecule has 2 heteroatoms. The molecule has 56 valence electrons. The fourth-order valence-electron chi connectivity index (χ4n) is 1.19. The second kappa shape index (κ2) is 2.74. The van der Waals surface area contributed by atoms with Crippen molar-refractivity contribution in [3.05, 3.63) is 36.3 Å². The lowest BCUT2D eigenvalue weighted by Gasteiger charge is -2.03. The highest BCUT2D eigenvalue weighted by Crippen LogP contribution is 2.21. The number of hydrogen-bond donors (Lipinski definition) is 0. The van der Waals surface area contributed by atoms with Gasteiger partial charge < -0.3 is 4.52 Å². The fraction of sp³-hybridized carbons (Fsp3) is 0.222. The number of hydrogen-bond acceptors (Lipinski definition) is 2. The van der Waals surface area contributed by atoms with Gasteiger partial charge in [0.2, 0.25) is 0 Å². The maximum absolute atomic E-state index is 4.75. The van der Waals surface area contributed by atoms with E-state index in [1.54, 1.807) is 6.26 Å². The van der Waals surface area contributed by atoms with Crippen LogP contribution in [0.1, 0.15) is 18.5 Å². The summed E-state index contributed by atoms with van der Waals surface area (Å²) in [5.74, 6) is 0. The largest absolute Gasteiger partial charge is 0.364 e. The van der Waals surface area contributed by atoms with Crippen molar-refractivity contribution in [1.29, 1.82) is 0 Å². The molecule has 0 aliphatic heterocycles. The third-order valence-electron chi connectivity index (χ3n) is 1.78. The first-order valence-corrected chi connectivity index (χ1v) is 3.73. The van der Waals surface area contributed by atoms with Crippen LogP contribution in [0, 0.1) is 0 Å². The molecule has 0 atom stereocenters. The summed E-state index contributed by atoms with van der Waals surface area (Å²) in [5, 5.41) is 3.86. The van der Waals surface area contributed by atoms with Crippen molar-refractivity contribution in [2.75, 3.05) is 0 Å². The SMILES string of the molecule is C1=CCCC(c2ccon2)=C1. The number of allylic oxidation sites excluding steroid dienone is 4. The van der Waals surface area contributed by atoms with Gasteiger partial charge in [-0.3, -0.25) is 0 Å². The van der Waals surface area contributed by atoms with Gasteiger partial charge in [0.15, 0.2) is 0 Å². The van der Waals surface area contributed by atoms with Crippen LogP contribution in [0.25, 0.3) is 5.57 Å². The van der Waals surface area contributed by atoms with Gasteiger partial charge in [0.05, 0.1) is 0 Å². The number of rotatable bonds is 1. The third-order valence-corrected chi connectivity index (χ3v) is 1.78. The van der Waals surface area contributed by atoms with Gasteiger partial charge in [-0.25, -0.2) is 0 Å². The van der Waals surface area contributed by atoms with E-state index in [1.165, 1.54) is 5.57 Å². The molecule has 0 N–H and O–H groups in total. The predicted molar refractivity (Wildman–Crippen MR) is 42.9 cm³/mol. The van der Waals surface area contributed by atoms with E-state index in [4.69, 9.17) is 4.52 Å². The van der Waals surface area contributed by atoms with Gasteiger partial charge in [-0.05, 0) is 18.4 Å². The second-order valence-electron chi connectivity index (χ2n) is 2.54. The van der Waals surface area contributed by atoms with E-state index in [9.17, 15) is 0 Å². The summed E-state index contributed by atoms with van der Waals surface area (Å²) in [6.45, 7) is 0. The van der Waals surface area contributed by atoms with Gasteiger partial charge in [0.25, 0.3) is 0 Å². The summed E-state index contributed by atoms with van der Waals surface area (Å²) in [6.07, 6.45) is 10.1. The highest BCUT2D eigenvalue weighted by atomic mass is 16.5. The van der Waals surface area contributed by atoms with Crippen LogP contribution >= 0.6 is 0 Å². The molecule has 0 saturated carbocycles. The Labute approximate surface area is 65.2 Å². The molecule has 0 saturated heterocycles. The fourth-order valence-corrected chi connectivity index (χ4v) is 1.19. The molecule has 0 radical (unpaired) electrons. The molecule has 0 aromatic carbocycles. The molecule has 1 aromatic rings. The zero-order valence-electron chi connectivity index (χ0n) is 6.16. The van der Waals surface area contributed by atoms with E-state index < -0.39 is 0 Å². The van der Waals surface area contributed by atoms with E-state index in [1.807, 2.05) is 6.07 Å². The van der Waals surface area contributed by atoms with E-state index in [2.05, 4.69) is 23.4 Å². The molecule has 1 aliphatic rings. The minimum absolute atomic E-state index is 0.967. The first kappa shape index (κ1) is 6.40. The Bertz CT molecular complexity index is 283. The predicted octanol–water partition coefficient (Wildman–Crippen LogP) is 2.41. The van der Waals surface area contributed by atoms with E-state index in [0.717, 1.165) is 18.5 Å². The normalized spacial score (nSPS) is 16.5. The second-order valence-corrected chi connectivity index (χ2v) is 2.54. The minimum Gasteiger partial charge on any atom is -0.364 e. The van der Waals surface area contributed by atoms with Crippen LogP contribution in [0.2, 0.25) is 0 Å². The Kier molecular flexibility index (Phi) is 1.60. The van der Waals surface area contributed by atoms with Gasteiger partial charge in [0, 0.05) is 6.07 Å². The minimum atomic E-state index is 0.967. The van der Waals surface area contributed by atoms with Crippen LogP contribution in [-0.2, 0) is 0 Å². The van der Waals surface area contributed by atoms with Crippen molar-refractivity contribution < 1.29 is 4.52 Å².